The number of sulfonamides is 1. The highest BCUT2D eigenvalue weighted by Gasteiger charge is 2.19. The van der Waals surface area contributed by atoms with Crippen molar-refractivity contribution in [2.75, 3.05) is 4.72 Å². The summed E-state index contributed by atoms with van der Waals surface area (Å²) in [6, 6.07) is 13.1. The number of aromatic nitrogens is 1. The Kier molecular flexibility index (Phi) is 5.19. The van der Waals surface area contributed by atoms with Gasteiger partial charge in [0.15, 0.2) is 0 Å². The minimum Gasteiger partial charge on any atom is -0.487 e. The van der Waals surface area contributed by atoms with Crippen LogP contribution in [-0.4, -0.2) is 24.5 Å². The Hall–Kier alpha value is -2.91. The van der Waals surface area contributed by atoms with Crippen molar-refractivity contribution in [1.29, 1.82) is 0 Å². The van der Waals surface area contributed by atoms with Crippen molar-refractivity contribution >= 4 is 33.0 Å². The van der Waals surface area contributed by atoms with Gasteiger partial charge < -0.3 is 9.84 Å². The topological polar surface area (TPSA) is 106 Å². The molecule has 0 saturated heterocycles. The summed E-state index contributed by atoms with van der Waals surface area (Å²) in [5.74, 6) is -0.694. The summed E-state index contributed by atoms with van der Waals surface area (Å²) in [5, 5.41) is 10.2. The zero-order valence-electron chi connectivity index (χ0n) is 13.3. The summed E-state index contributed by atoms with van der Waals surface area (Å²) in [6.07, 6.45) is 1.66. The van der Waals surface area contributed by atoms with Crippen molar-refractivity contribution in [3.05, 3.63) is 71.4 Å². The Morgan fingerprint density at radius 2 is 2.04 bits per heavy atom. The van der Waals surface area contributed by atoms with Crippen LogP contribution in [0.1, 0.15) is 16.1 Å². The quantitative estimate of drug-likeness (QED) is 0.642. The normalized spacial score (nSPS) is 11.1. The molecule has 0 aliphatic rings. The largest absolute Gasteiger partial charge is 0.487 e. The molecule has 0 unspecified atom stereocenters. The van der Waals surface area contributed by atoms with Gasteiger partial charge in [-0.05, 0) is 30.3 Å². The van der Waals surface area contributed by atoms with Gasteiger partial charge in [-0.25, -0.2) is 13.2 Å². The van der Waals surface area contributed by atoms with Gasteiger partial charge in [-0.15, -0.1) is 11.3 Å². The lowest BCUT2D eigenvalue weighted by molar-refractivity contribution is 0.0697. The number of aromatic carboxylic acids is 1. The molecule has 9 heteroatoms. The molecule has 7 nitrogen and oxygen atoms in total. The van der Waals surface area contributed by atoms with Gasteiger partial charge in [0.25, 0.3) is 10.0 Å². The third-order valence-corrected chi connectivity index (χ3v) is 6.11. The summed E-state index contributed by atoms with van der Waals surface area (Å²) in [7, 11) is -3.87. The molecule has 0 saturated carbocycles. The van der Waals surface area contributed by atoms with Crippen LogP contribution in [-0.2, 0) is 16.6 Å². The first kappa shape index (κ1) is 17.9. The molecule has 3 aromatic rings. The molecule has 2 aromatic heterocycles. The molecule has 0 aliphatic carbocycles. The number of ether oxygens (including phenoxy) is 1. The van der Waals surface area contributed by atoms with Crippen LogP contribution in [0.3, 0.4) is 0 Å². The number of thiophene rings is 1. The zero-order valence-corrected chi connectivity index (χ0v) is 15.0. The maximum Gasteiger partial charge on any atom is 0.336 e. The van der Waals surface area contributed by atoms with E-state index in [4.69, 9.17) is 9.84 Å². The summed E-state index contributed by atoms with van der Waals surface area (Å²) < 4.78 is 32.7. The second kappa shape index (κ2) is 7.54. The van der Waals surface area contributed by atoms with E-state index in [-0.39, 0.29) is 16.4 Å². The first-order valence-electron chi connectivity index (χ1n) is 7.41. The molecule has 134 valence electrons. The maximum absolute atomic E-state index is 12.4. The number of pyridine rings is 1. The summed E-state index contributed by atoms with van der Waals surface area (Å²) in [6.45, 7) is 0.254. The van der Waals surface area contributed by atoms with Gasteiger partial charge >= 0.3 is 5.97 Å². The number of carboxylic acid groups (broad SMARTS) is 1. The summed E-state index contributed by atoms with van der Waals surface area (Å²) >= 11 is 0.845. The number of benzene rings is 1. The molecule has 1 aromatic carbocycles. The number of anilines is 1. The molecule has 0 aliphatic heterocycles. The van der Waals surface area contributed by atoms with Crippen LogP contribution >= 0.6 is 11.3 Å². The van der Waals surface area contributed by atoms with Gasteiger partial charge in [-0.1, -0.05) is 12.1 Å². The van der Waals surface area contributed by atoms with E-state index in [1.54, 1.807) is 36.5 Å². The lowest BCUT2D eigenvalue weighted by atomic mass is 10.3. The van der Waals surface area contributed by atoms with Crippen LogP contribution in [0.25, 0.3) is 0 Å². The fraction of sp³-hybridized carbons (Fsp3) is 0.0588. The van der Waals surface area contributed by atoms with Crippen molar-refractivity contribution in [1.82, 2.24) is 4.98 Å². The Morgan fingerprint density at radius 3 is 2.73 bits per heavy atom. The Balaban J connectivity index is 1.72. The number of hydrogen-bond acceptors (Lipinski definition) is 6. The summed E-state index contributed by atoms with van der Waals surface area (Å²) in [5.41, 5.74) is 0.995. The number of hydrogen-bond donors (Lipinski definition) is 2. The van der Waals surface area contributed by atoms with E-state index in [1.807, 2.05) is 12.1 Å². The molecule has 26 heavy (non-hydrogen) atoms. The monoisotopic (exact) mass is 390 g/mol. The van der Waals surface area contributed by atoms with Gasteiger partial charge in [0, 0.05) is 17.6 Å². The minimum absolute atomic E-state index is 0.0668. The Bertz CT molecular complexity index is 1020. The van der Waals surface area contributed by atoms with Crippen LogP contribution in [0.2, 0.25) is 0 Å². The first-order chi connectivity index (χ1) is 12.4. The lowest BCUT2D eigenvalue weighted by Crippen LogP contribution is -2.11. The average molecular weight is 390 g/mol. The molecular weight excluding hydrogens is 376 g/mol. The van der Waals surface area contributed by atoms with E-state index in [0.29, 0.717) is 11.4 Å². The van der Waals surface area contributed by atoms with Crippen LogP contribution in [0, 0.1) is 0 Å². The minimum atomic E-state index is -3.87. The summed E-state index contributed by atoms with van der Waals surface area (Å²) in [4.78, 5) is 15.1. The van der Waals surface area contributed by atoms with Crippen LogP contribution in [0.15, 0.2) is 64.3 Å². The number of nitrogens with zero attached hydrogens (tertiary/aromatic N) is 1. The fourth-order valence-corrected chi connectivity index (χ4v) is 4.27. The fourth-order valence-electron chi connectivity index (χ4n) is 2.07. The van der Waals surface area contributed by atoms with E-state index >= 15 is 0 Å². The molecule has 0 fully saturated rings. The number of nitrogens with one attached hydrogen (secondary N) is 1. The van der Waals surface area contributed by atoms with Crippen molar-refractivity contribution in [3.63, 3.8) is 0 Å². The van der Waals surface area contributed by atoms with Gasteiger partial charge in [0.05, 0.1) is 16.9 Å². The standard InChI is InChI=1S/C17H14N2O5S2/c20-17(21)12-8-16(25-11-12)26(22,23)19-13-5-3-6-15(9-13)24-10-14-4-1-2-7-18-14/h1-9,11,19H,10H2,(H,20,21). The molecule has 3 rings (SSSR count). The van der Waals surface area contributed by atoms with E-state index in [1.165, 1.54) is 5.38 Å². The Morgan fingerprint density at radius 1 is 1.19 bits per heavy atom. The van der Waals surface area contributed by atoms with Crippen molar-refractivity contribution in [3.8, 4) is 5.75 Å². The van der Waals surface area contributed by atoms with Gasteiger partial charge in [-0.2, -0.15) is 0 Å². The van der Waals surface area contributed by atoms with Crippen molar-refractivity contribution < 1.29 is 23.1 Å². The van der Waals surface area contributed by atoms with Crippen LogP contribution in [0.4, 0.5) is 5.69 Å². The van der Waals surface area contributed by atoms with Gasteiger partial charge in [-0.3, -0.25) is 9.71 Å². The first-order valence-corrected chi connectivity index (χ1v) is 9.78. The third kappa shape index (κ3) is 4.38. The predicted octanol–water partition coefficient (Wildman–Crippen LogP) is 3.22. The highest BCUT2D eigenvalue weighted by molar-refractivity contribution is 7.94. The second-order valence-corrected chi connectivity index (χ2v) is 8.02. The molecule has 0 radical (unpaired) electrons. The molecule has 0 spiro atoms. The zero-order chi connectivity index (χ0) is 18.6. The highest BCUT2D eigenvalue weighted by Crippen LogP contribution is 2.25. The van der Waals surface area contributed by atoms with E-state index < -0.39 is 16.0 Å². The molecule has 0 amide bonds. The molecule has 0 atom stereocenters. The van der Waals surface area contributed by atoms with Crippen LogP contribution in [0.5, 0.6) is 5.75 Å². The Labute approximate surface area is 154 Å². The van der Waals surface area contributed by atoms with E-state index in [0.717, 1.165) is 23.1 Å². The maximum atomic E-state index is 12.4. The molecule has 2 N–H and O–H groups in total. The number of rotatable bonds is 7. The molecule has 0 bridgehead atoms. The van der Waals surface area contributed by atoms with Gasteiger partial charge in [0.1, 0.15) is 16.6 Å². The van der Waals surface area contributed by atoms with E-state index in [9.17, 15) is 13.2 Å². The van der Waals surface area contributed by atoms with Crippen LogP contribution < -0.4 is 9.46 Å². The molecular formula is C17H14N2O5S2. The second-order valence-electron chi connectivity index (χ2n) is 5.20. The third-order valence-electron chi connectivity index (χ3n) is 3.29. The highest BCUT2D eigenvalue weighted by atomic mass is 32.2. The number of carbonyl (C=O) groups is 1. The lowest BCUT2D eigenvalue weighted by Gasteiger charge is -2.09. The number of carboxylic acids is 1. The molecule has 2 heterocycles. The van der Waals surface area contributed by atoms with Crippen molar-refractivity contribution in [2.45, 2.75) is 10.8 Å². The smallest absolute Gasteiger partial charge is 0.336 e. The average Bonchev–Trinajstić information content (AvgIpc) is 3.12. The van der Waals surface area contributed by atoms with Crippen molar-refractivity contribution in [2.24, 2.45) is 0 Å². The predicted molar refractivity (Wildman–Crippen MR) is 97.1 cm³/mol. The van der Waals surface area contributed by atoms with E-state index in [2.05, 4.69) is 9.71 Å². The SMILES string of the molecule is O=C(O)c1csc(S(=O)(=O)Nc2cccc(OCc3ccccn3)c2)c1. The van der Waals surface area contributed by atoms with Gasteiger partial charge in [0.2, 0.25) is 0 Å².